The Morgan fingerprint density at radius 3 is 2.82 bits per heavy atom. The van der Waals surface area contributed by atoms with Crippen LogP contribution in [0.5, 0.6) is 5.88 Å². The molecule has 2 heterocycles. The summed E-state index contributed by atoms with van der Waals surface area (Å²) in [6.07, 6.45) is -4.42. The van der Waals surface area contributed by atoms with Crippen molar-refractivity contribution in [1.29, 1.82) is 0 Å². The summed E-state index contributed by atoms with van der Waals surface area (Å²) in [4.78, 5) is 15.4. The van der Waals surface area contributed by atoms with E-state index in [0.29, 0.717) is 5.69 Å². The van der Waals surface area contributed by atoms with Crippen LogP contribution in [-0.2, 0) is 0 Å². The van der Waals surface area contributed by atoms with Gasteiger partial charge in [0, 0.05) is 17.8 Å². The van der Waals surface area contributed by atoms with Crippen molar-refractivity contribution < 1.29 is 17.9 Å². The number of nitrogens with one attached hydrogen (secondary N) is 1. The van der Waals surface area contributed by atoms with Gasteiger partial charge in [0.25, 0.3) is 5.56 Å². The predicted molar refractivity (Wildman–Crippen MR) is 52.1 cm³/mol. The lowest BCUT2D eigenvalue weighted by molar-refractivity contribution is -0.154. The van der Waals surface area contributed by atoms with Crippen LogP contribution in [0.3, 0.4) is 0 Å². The number of aryl methyl sites for hydroxylation is 1. The number of ether oxygens (including phenoxy) is 1. The van der Waals surface area contributed by atoms with Crippen LogP contribution >= 0.6 is 0 Å². The van der Waals surface area contributed by atoms with Gasteiger partial charge in [-0.1, -0.05) is 0 Å². The van der Waals surface area contributed by atoms with Crippen LogP contribution in [0.25, 0.3) is 5.65 Å². The molecule has 0 amide bonds. The van der Waals surface area contributed by atoms with Crippen LogP contribution in [0.1, 0.15) is 5.69 Å². The third-order valence-corrected chi connectivity index (χ3v) is 1.95. The smallest absolute Gasteiger partial charge is 0.422 e. The SMILES string of the molecule is Cc1cc(=O)n2[nH]c(OCC(F)(F)F)cc2n1. The summed E-state index contributed by atoms with van der Waals surface area (Å²) >= 11 is 0. The Morgan fingerprint density at radius 1 is 1.47 bits per heavy atom. The molecule has 2 aromatic rings. The number of nitrogens with zero attached hydrogens (tertiary/aromatic N) is 2. The molecule has 0 atom stereocenters. The Morgan fingerprint density at radius 2 is 2.18 bits per heavy atom. The normalized spacial score (nSPS) is 12.0. The maximum atomic E-state index is 11.9. The van der Waals surface area contributed by atoms with Gasteiger partial charge in [-0.2, -0.15) is 17.7 Å². The van der Waals surface area contributed by atoms with Gasteiger partial charge < -0.3 is 4.74 Å². The molecule has 0 spiro atoms. The highest BCUT2D eigenvalue weighted by Gasteiger charge is 2.28. The van der Waals surface area contributed by atoms with Gasteiger partial charge in [-0.25, -0.2) is 4.98 Å². The predicted octanol–water partition coefficient (Wildman–Crippen LogP) is 1.27. The molecule has 92 valence electrons. The van der Waals surface area contributed by atoms with Gasteiger partial charge in [0.15, 0.2) is 12.3 Å². The van der Waals surface area contributed by atoms with E-state index in [0.717, 1.165) is 4.52 Å². The first-order valence-electron chi connectivity index (χ1n) is 4.64. The van der Waals surface area contributed by atoms with Crippen molar-refractivity contribution in [3.8, 4) is 5.88 Å². The maximum absolute atomic E-state index is 11.9. The first-order valence-corrected chi connectivity index (χ1v) is 4.64. The standard InChI is InChI=1S/C9H8F3N3O2/c1-5-2-8(16)15-6(13-5)3-7(14-15)17-4-9(10,11)12/h2-3,14H,4H2,1H3. The zero-order valence-corrected chi connectivity index (χ0v) is 8.71. The fourth-order valence-corrected chi connectivity index (χ4v) is 1.32. The molecule has 0 saturated heterocycles. The van der Waals surface area contributed by atoms with E-state index in [-0.39, 0.29) is 11.5 Å². The van der Waals surface area contributed by atoms with Crippen molar-refractivity contribution >= 4 is 5.65 Å². The lowest BCUT2D eigenvalue weighted by atomic mass is 10.4. The molecule has 5 nitrogen and oxygen atoms in total. The van der Waals surface area contributed by atoms with Crippen molar-refractivity contribution in [2.45, 2.75) is 13.1 Å². The first-order chi connectivity index (χ1) is 7.85. The van der Waals surface area contributed by atoms with Gasteiger partial charge in [-0.15, -0.1) is 0 Å². The molecule has 2 aromatic heterocycles. The minimum atomic E-state index is -4.42. The Balaban J connectivity index is 2.32. The highest BCUT2D eigenvalue weighted by atomic mass is 19.4. The van der Waals surface area contributed by atoms with Crippen LogP contribution in [0.2, 0.25) is 0 Å². The van der Waals surface area contributed by atoms with Crippen molar-refractivity contribution in [2.24, 2.45) is 0 Å². The number of aromatic amines is 1. The topological polar surface area (TPSA) is 59.4 Å². The third-order valence-electron chi connectivity index (χ3n) is 1.95. The molecule has 0 fully saturated rings. The van der Waals surface area contributed by atoms with E-state index < -0.39 is 18.3 Å². The van der Waals surface area contributed by atoms with E-state index >= 15 is 0 Å². The average molecular weight is 247 g/mol. The highest BCUT2D eigenvalue weighted by molar-refractivity contribution is 5.41. The van der Waals surface area contributed by atoms with Gasteiger partial charge in [0.2, 0.25) is 5.88 Å². The molecule has 0 radical (unpaired) electrons. The van der Waals surface area contributed by atoms with Crippen LogP contribution in [0.15, 0.2) is 16.9 Å². The largest absolute Gasteiger partial charge is 0.468 e. The lowest BCUT2D eigenvalue weighted by Crippen LogP contribution is -2.19. The summed E-state index contributed by atoms with van der Waals surface area (Å²) in [5.74, 6) is -0.155. The van der Waals surface area contributed by atoms with Gasteiger partial charge in [-0.05, 0) is 6.92 Å². The zero-order chi connectivity index (χ0) is 12.6. The minimum Gasteiger partial charge on any atom is -0.468 e. The van der Waals surface area contributed by atoms with Crippen molar-refractivity contribution in [3.63, 3.8) is 0 Å². The molecular formula is C9H8F3N3O2. The monoisotopic (exact) mass is 247 g/mol. The third kappa shape index (κ3) is 2.58. The first kappa shape index (κ1) is 11.5. The fraction of sp³-hybridized carbons (Fsp3) is 0.333. The van der Waals surface area contributed by atoms with Gasteiger partial charge in [0.1, 0.15) is 0 Å². The number of aromatic nitrogens is 3. The molecule has 0 saturated carbocycles. The number of hydrogen-bond donors (Lipinski definition) is 1. The van der Waals surface area contributed by atoms with Crippen molar-refractivity contribution in [1.82, 2.24) is 14.6 Å². The van der Waals surface area contributed by atoms with E-state index in [4.69, 9.17) is 0 Å². The Hall–Kier alpha value is -1.99. The van der Waals surface area contributed by atoms with E-state index in [9.17, 15) is 18.0 Å². The number of rotatable bonds is 2. The van der Waals surface area contributed by atoms with Gasteiger partial charge in [-0.3, -0.25) is 9.89 Å². The molecule has 0 unspecified atom stereocenters. The van der Waals surface area contributed by atoms with Crippen LogP contribution < -0.4 is 10.3 Å². The number of alkyl halides is 3. The molecule has 0 aliphatic carbocycles. The highest BCUT2D eigenvalue weighted by Crippen LogP contribution is 2.17. The summed E-state index contributed by atoms with van der Waals surface area (Å²) in [5.41, 5.74) is 0.290. The molecule has 0 aromatic carbocycles. The molecule has 17 heavy (non-hydrogen) atoms. The van der Waals surface area contributed by atoms with E-state index in [1.54, 1.807) is 6.92 Å². The quantitative estimate of drug-likeness (QED) is 0.869. The molecule has 0 aliphatic rings. The molecular weight excluding hydrogens is 239 g/mol. The van der Waals surface area contributed by atoms with Crippen LogP contribution in [0.4, 0.5) is 13.2 Å². The molecule has 8 heteroatoms. The summed E-state index contributed by atoms with van der Waals surface area (Å²) in [6.45, 7) is 0.193. The summed E-state index contributed by atoms with van der Waals surface area (Å²) < 4.78 is 41.2. The number of halogens is 3. The van der Waals surface area contributed by atoms with E-state index in [1.807, 2.05) is 0 Å². The van der Waals surface area contributed by atoms with Crippen molar-refractivity contribution in [3.05, 3.63) is 28.2 Å². The second-order valence-corrected chi connectivity index (χ2v) is 3.45. The second-order valence-electron chi connectivity index (χ2n) is 3.45. The van der Waals surface area contributed by atoms with E-state index in [1.165, 1.54) is 12.1 Å². The zero-order valence-electron chi connectivity index (χ0n) is 8.71. The Labute approximate surface area is 92.8 Å². The van der Waals surface area contributed by atoms with E-state index in [2.05, 4.69) is 14.8 Å². The van der Waals surface area contributed by atoms with Crippen molar-refractivity contribution in [2.75, 3.05) is 6.61 Å². The average Bonchev–Trinajstić information content (AvgIpc) is 2.56. The molecule has 1 N–H and O–H groups in total. The van der Waals surface area contributed by atoms with Crippen LogP contribution in [-0.4, -0.2) is 27.4 Å². The Bertz CT molecular complexity index is 600. The molecule has 2 rings (SSSR count). The molecule has 0 bridgehead atoms. The Kier molecular flexibility index (Phi) is 2.56. The van der Waals surface area contributed by atoms with Gasteiger partial charge >= 0.3 is 6.18 Å². The summed E-state index contributed by atoms with van der Waals surface area (Å²) in [6, 6.07) is 2.50. The van der Waals surface area contributed by atoms with Gasteiger partial charge in [0.05, 0.1) is 0 Å². The summed E-state index contributed by atoms with van der Waals surface area (Å²) in [7, 11) is 0. The summed E-state index contributed by atoms with van der Waals surface area (Å²) in [5, 5.41) is 2.38. The second kappa shape index (κ2) is 3.79. The minimum absolute atomic E-state index is 0.155. The number of H-pyrrole nitrogens is 1. The number of fused-ring (bicyclic) bond motifs is 1. The van der Waals surface area contributed by atoms with Crippen LogP contribution in [0, 0.1) is 6.92 Å². The lowest BCUT2D eigenvalue weighted by Gasteiger charge is -2.05. The molecule has 0 aliphatic heterocycles. The number of hydrogen-bond acceptors (Lipinski definition) is 3. The fourth-order valence-electron chi connectivity index (χ4n) is 1.32. The maximum Gasteiger partial charge on any atom is 0.422 e.